The second kappa shape index (κ2) is 7.79. The van der Waals surface area contributed by atoms with Crippen LogP contribution in [0.15, 0.2) is 48.5 Å². The zero-order chi connectivity index (χ0) is 17.6. The van der Waals surface area contributed by atoms with Crippen molar-refractivity contribution in [2.45, 2.75) is 12.6 Å². The Morgan fingerprint density at radius 2 is 2.04 bits per heavy atom. The molecular formula is C19H22N2O4. The van der Waals surface area contributed by atoms with E-state index in [9.17, 15) is 4.79 Å². The Bertz CT molecular complexity index is 735. The highest BCUT2D eigenvalue weighted by Gasteiger charge is 2.23. The van der Waals surface area contributed by atoms with Crippen LogP contribution in [0.2, 0.25) is 0 Å². The molecule has 2 aromatic carbocycles. The number of nitrogens with zero attached hydrogens (tertiary/aromatic N) is 1. The summed E-state index contributed by atoms with van der Waals surface area (Å²) in [5.41, 5.74) is 0.979. The number of rotatable bonds is 5. The van der Waals surface area contributed by atoms with Crippen molar-refractivity contribution >= 4 is 6.03 Å². The molecule has 132 valence electrons. The van der Waals surface area contributed by atoms with Crippen LogP contribution in [-0.4, -0.2) is 44.3 Å². The van der Waals surface area contributed by atoms with Crippen LogP contribution in [0, 0.1) is 0 Å². The Balaban J connectivity index is 1.49. The van der Waals surface area contributed by atoms with Crippen molar-refractivity contribution in [1.82, 2.24) is 10.2 Å². The first-order valence-corrected chi connectivity index (χ1v) is 8.16. The number of ether oxygens (including phenoxy) is 3. The fraction of sp³-hybridized carbons (Fsp3) is 0.316. The van der Waals surface area contributed by atoms with Gasteiger partial charge >= 0.3 is 6.03 Å². The van der Waals surface area contributed by atoms with E-state index >= 15 is 0 Å². The van der Waals surface area contributed by atoms with Crippen LogP contribution in [-0.2, 0) is 6.54 Å². The monoisotopic (exact) mass is 342 g/mol. The van der Waals surface area contributed by atoms with Crippen molar-refractivity contribution in [2.24, 2.45) is 0 Å². The van der Waals surface area contributed by atoms with Crippen LogP contribution in [0.4, 0.5) is 4.79 Å². The first-order valence-electron chi connectivity index (χ1n) is 8.16. The predicted molar refractivity (Wildman–Crippen MR) is 94.2 cm³/mol. The molecule has 2 aromatic rings. The molecule has 0 saturated carbocycles. The van der Waals surface area contributed by atoms with Gasteiger partial charge < -0.3 is 24.4 Å². The lowest BCUT2D eigenvalue weighted by atomic mass is 10.2. The van der Waals surface area contributed by atoms with Gasteiger partial charge in [-0.3, -0.25) is 0 Å². The first kappa shape index (κ1) is 17.0. The Morgan fingerprint density at radius 3 is 2.84 bits per heavy atom. The van der Waals surface area contributed by atoms with Crippen LogP contribution >= 0.6 is 0 Å². The quantitative estimate of drug-likeness (QED) is 0.908. The number of fused-ring (bicyclic) bond motifs is 1. The molecule has 0 spiro atoms. The Morgan fingerprint density at radius 1 is 1.24 bits per heavy atom. The zero-order valence-corrected chi connectivity index (χ0v) is 14.4. The molecule has 1 aliphatic rings. The lowest BCUT2D eigenvalue weighted by Crippen LogP contribution is -2.45. The maximum absolute atomic E-state index is 12.3. The van der Waals surface area contributed by atoms with E-state index in [1.54, 1.807) is 19.1 Å². The molecule has 25 heavy (non-hydrogen) atoms. The van der Waals surface area contributed by atoms with E-state index < -0.39 is 0 Å². The molecule has 6 heteroatoms. The molecule has 6 nitrogen and oxygen atoms in total. The molecule has 1 unspecified atom stereocenters. The minimum atomic E-state index is -0.192. The van der Waals surface area contributed by atoms with E-state index in [0.717, 1.165) is 17.1 Å². The van der Waals surface area contributed by atoms with Crippen molar-refractivity contribution in [2.75, 3.05) is 27.3 Å². The van der Waals surface area contributed by atoms with E-state index in [1.807, 2.05) is 48.5 Å². The molecular weight excluding hydrogens is 320 g/mol. The van der Waals surface area contributed by atoms with Gasteiger partial charge in [0.05, 0.1) is 13.7 Å². The minimum Gasteiger partial charge on any atom is -0.497 e. The molecule has 1 aliphatic heterocycles. The van der Waals surface area contributed by atoms with Crippen molar-refractivity contribution in [3.63, 3.8) is 0 Å². The van der Waals surface area contributed by atoms with Gasteiger partial charge in [0.25, 0.3) is 0 Å². The largest absolute Gasteiger partial charge is 0.497 e. The minimum absolute atomic E-state index is 0.162. The summed E-state index contributed by atoms with van der Waals surface area (Å²) in [6.07, 6.45) is -0.192. The maximum Gasteiger partial charge on any atom is 0.317 e. The van der Waals surface area contributed by atoms with Gasteiger partial charge in [-0.15, -0.1) is 0 Å². The van der Waals surface area contributed by atoms with E-state index in [4.69, 9.17) is 14.2 Å². The molecule has 0 fully saturated rings. The van der Waals surface area contributed by atoms with Gasteiger partial charge in [0.1, 0.15) is 12.4 Å². The smallest absolute Gasteiger partial charge is 0.317 e. The Hall–Kier alpha value is -2.89. The third kappa shape index (κ3) is 4.35. The number of methoxy groups -OCH3 is 1. The Labute approximate surface area is 147 Å². The fourth-order valence-corrected chi connectivity index (χ4v) is 2.64. The third-order valence-corrected chi connectivity index (χ3v) is 3.97. The van der Waals surface area contributed by atoms with Gasteiger partial charge in [0.15, 0.2) is 17.6 Å². The first-order chi connectivity index (χ1) is 12.2. The van der Waals surface area contributed by atoms with Gasteiger partial charge in [-0.25, -0.2) is 4.79 Å². The highest BCUT2D eigenvalue weighted by Crippen LogP contribution is 2.30. The molecule has 0 saturated heterocycles. The van der Waals surface area contributed by atoms with Crippen LogP contribution in [0.1, 0.15) is 5.56 Å². The normalized spacial score (nSPS) is 15.4. The van der Waals surface area contributed by atoms with Crippen LogP contribution in [0.5, 0.6) is 17.2 Å². The van der Waals surface area contributed by atoms with Gasteiger partial charge in [-0.1, -0.05) is 24.3 Å². The van der Waals surface area contributed by atoms with Crippen LogP contribution in [0.25, 0.3) is 0 Å². The SMILES string of the molecule is COc1cccc(CNC(=O)N(C)CC2COc3ccccc3O2)c1. The summed E-state index contributed by atoms with van der Waals surface area (Å²) in [5.74, 6) is 2.22. The van der Waals surface area contributed by atoms with E-state index in [0.29, 0.717) is 25.4 Å². The summed E-state index contributed by atoms with van der Waals surface area (Å²) in [6, 6.07) is 15.0. The van der Waals surface area contributed by atoms with Gasteiger partial charge in [0.2, 0.25) is 0 Å². The lowest BCUT2D eigenvalue weighted by Gasteiger charge is -2.29. The number of para-hydroxylation sites is 2. The summed E-state index contributed by atoms with van der Waals surface area (Å²) in [7, 11) is 3.36. The van der Waals surface area contributed by atoms with E-state index in [-0.39, 0.29) is 12.1 Å². The number of likely N-dealkylation sites (N-methyl/N-ethyl adjacent to an activating group) is 1. The molecule has 1 atom stereocenters. The third-order valence-electron chi connectivity index (χ3n) is 3.97. The summed E-state index contributed by atoms with van der Waals surface area (Å²) in [5, 5.41) is 2.89. The average molecular weight is 342 g/mol. The number of urea groups is 1. The van der Waals surface area contributed by atoms with Crippen molar-refractivity contribution in [3.05, 3.63) is 54.1 Å². The fourth-order valence-electron chi connectivity index (χ4n) is 2.64. The molecule has 0 aromatic heterocycles. The van der Waals surface area contributed by atoms with Crippen molar-refractivity contribution < 1.29 is 19.0 Å². The lowest BCUT2D eigenvalue weighted by molar-refractivity contribution is 0.0715. The second-order valence-electron chi connectivity index (χ2n) is 5.89. The summed E-state index contributed by atoms with van der Waals surface area (Å²) >= 11 is 0. The number of hydrogen-bond acceptors (Lipinski definition) is 4. The average Bonchev–Trinajstić information content (AvgIpc) is 2.66. The molecule has 1 N–H and O–H groups in total. The molecule has 3 rings (SSSR count). The van der Waals surface area contributed by atoms with Crippen LogP contribution < -0.4 is 19.5 Å². The number of amides is 2. The standard InChI is InChI=1S/C19H22N2O4/c1-21(12-16-13-24-17-8-3-4-9-18(17)25-16)19(22)20-11-14-6-5-7-15(10-14)23-2/h3-10,16H,11-13H2,1-2H3,(H,20,22). The van der Waals surface area contributed by atoms with Gasteiger partial charge in [-0.2, -0.15) is 0 Å². The second-order valence-corrected chi connectivity index (χ2v) is 5.89. The number of carbonyl (C=O) groups excluding carboxylic acids is 1. The summed E-state index contributed by atoms with van der Waals surface area (Å²) in [6.45, 7) is 1.30. The highest BCUT2D eigenvalue weighted by atomic mass is 16.6. The number of carbonyl (C=O) groups is 1. The highest BCUT2D eigenvalue weighted by molar-refractivity contribution is 5.73. The van der Waals surface area contributed by atoms with Gasteiger partial charge in [-0.05, 0) is 29.8 Å². The van der Waals surface area contributed by atoms with E-state index in [1.165, 1.54) is 0 Å². The summed E-state index contributed by atoms with van der Waals surface area (Å²) in [4.78, 5) is 13.9. The molecule has 2 amide bonds. The van der Waals surface area contributed by atoms with Crippen LogP contribution in [0.3, 0.4) is 0 Å². The summed E-state index contributed by atoms with van der Waals surface area (Å²) < 4.78 is 16.7. The topological polar surface area (TPSA) is 60.0 Å². The predicted octanol–water partition coefficient (Wildman–Crippen LogP) is 2.68. The maximum atomic E-state index is 12.3. The molecule has 1 heterocycles. The van der Waals surface area contributed by atoms with Crippen molar-refractivity contribution in [1.29, 1.82) is 0 Å². The van der Waals surface area contributed by atoms with Crippen molar-refractivity contribution in [3.8, 4) is 17.2 Å². The van der Waals surface area contributed by atoms with Gasteiger partial charge in [0, 0.05) is 13.6 Å². The molecule has 0 aliphatic carbocycles. The Kier molecular flexibility index (Phi) is 5.28. The zero-order valence-electron chi connectivity index (χ0n) is 14.4. The number of nitrogens with one attached hydrogen (secondary N) is 1. The molecule has 0 radical (unpaired) electrons. The number of hydrogen-bond donors (Lipinski definition) is 1. The number of benzene rings is 2. The molecule has 0 bridgehead atoms. The van der Waals surface area contributed by atoms with E-state index in [2.05, 4.69) is 5.32 Å².